The van der Waals surface area contributed by atoms with E-state index in [1.165, 1.54) is 0 Å². The van der Waals surface area contributed by atoms with Crippen molar-refractivity contribution >= 4 is 69.9 Å². The zero-order chi connectivity index (χ0) is 19.2. The van der Waals surface area contributed by atoms with Crippen LogP contribution in [-0.2, 0) is 4.74 Å². The minimum atomic E-state index is -2.09. The second-order valence-corrected chi connectivity index (χ2v) is 7.73. The number of nitrogens with one attached hydrogen (secondary N) is 3. The molecule has 6 nitrogen and oxygen atoms in total. The van der Waals surface area contributed by atoms with Gasteiger partial charge in [-0.15, -0.1) is 0 Å². The Kier molecular flexibility index (Phi) is 7.23. The van der Waals surface area contributed by atoms with Crippen molar-refractivity contribution in [2.24, 2.45) is 0 Å². The number of benzene rings is 2. The van der Waals surface area contributed by atoms with Crippen LogP contribution in [-0.4, -0.2) is 22.1 Å². The van der Waals surface area contributed by atoms with Gasteiger partial charge in [0.25, 0.3) is 0 Å². The lowest BCUT2D eigenvalue weighted by Gasteiger charge is -2.25. The molecule has 0 aliphatic rings. The molecule has 0 bridgehead atoms. The third-order valence-electron chi connectivity index (χ3n) is 2.91. The fraction of sp³-hybridized carbons (Fsp3) is 0.125. The van der Waals surface area contributed by atoms with Gasteiger partial charge in [-0.2, -0.15) is 0 Å². The van der Waals surface area contributed by atoms with Crippen molar-refractivity contribution in [2.45, 2.75) is 10.0 Å². The number of alkyl halides is 3. The number of ether oxygens (including phenoxy) is 1. The SMILES string of the molecule is O=C(Nc1ccccc1)N[C@@H](OC(=O)Nc1ccc(Cl)cc1)C(Cl)(Cl)Cl. The molecule has 2 rings (SSSR count). The molecule has 0 saturated carbocycles. The summed E-state index contributed by atoms with van der Waals surface area (Å²) in [6.07, 6.45) is -2.47. The molecule has 26 heavy (non-hydrogen) atoms. The van der Waals surface area contributed by atoms with E-state index in [1.807, 2.05) is 0 Å². The summed E-state index contributed by atoms with van der Waals surface area (Å²) in [6.45, 7) is 0. The molecule has 1 atom stereocenters. The van der Waals surface area contributed by atoms with Crippen LogP contribution in [0.15, 0.2) is 54.6 Å². The number of amides is 3. The Hall–Kier alpha value is -1.86. The van der Waals surface area contributed by atoms with Gasteiger partial charge in [-0.25, -0.2) is 9.59 Å². The van der Waals surface area contributed by atoms with E-state index in [0.717, 1.165) is 0 Å². The smallest absolute Gasteiger partial charge is 0.413 e. The van der Waals surface area contributed by atoms with Crippen molar-refractivity contribution < 1.29 is 14.3 Å². The fourth-order valence-electron chi connectivity index (χ4n) is 1.77. The van der Waals surface area contributed by atoms with Crippen LogP contribution in [0.25, 0.3) is 0 Å². The van der Waals surface area contributed by atoms with E-state index in [0.29, 0.717) is 16.4 Å². The van der Waals surface area contributed by atoms with E-state index in [1.54, 1.807) is 54.6 Å². The summed E-state index contributed by atoms with van der Waals surface area (Å²) >= 11 is 23.1. The summed E-state index contributed by atoms with van der Waals surface area (Å²) < 4.78 is 2.91. The fourth-order valence-corrected chi connectivity index (χ4v) is 2.20. The number of halogens is 4. The van der Waals surface area contributed by atoms with Gasteiger partial charge in [0, 0.05) is 16.4 Å². The number of carbonyl (C=O) groups excluding carboxylic acids is 2. The molecule has 2 aromatic rings. The molecule has 3 amide bonds. The van der Waals surface area contributed by atoms with E-state index in [4.69, 9.17) is 51.1 Å². The summed E-state index contributed by atoms with van der Waals surface area (Å²) in [5.41, 5.74) is 0.926. The largest absolute Gasteiger partial charge is 0.421 e. The maximum Gasteiger partial charge on any atom is 0.413 e. The zero-order valence-corrected chi connectivity index (χ0v) is 16.0. The average Bonchev–Trinajstić information content (AvgIpc) is 2.56. The molecule has 0 radical (unpaired) electrons. The minimum absolute atomic E-state index is 0.413. The monoisotopic (exact) mass is 435 g/mol. The van der Waals surface area contributed by atoms with Crippen LogP contribution in [0.2, 0.25) is 5.02 Å². The Labute approximate surface area is 169 Å². The third kappa shape index (κ3) is 6.80. The summed E-state index contributed by atoms with van der Waals surface area (Å²) in [4.78, 5) is 24.0. The first-order chi connectivity index (χ1) is 12.2. The predicted octanol–water partition coefficient (Wildman–Crippen LogP) is 5.41. The van der Waals surface area contributed by atoms with Crippen molar-refractivity contribution in [1.82, 2.24) is 5.32 Å². The van der Waals surface area contributed by atoms with Crippen molar-refractivity contribution in [3.8, 4) is 0 Å². The van der Waals surface area contributed by atoms with Gasteiger partial charge in [-0.3, -0.25) is 10.6 Å². The molecule has 0 saturated heterocycles. The van der Waals surface area contributed by atoms with Crippen LogP contribution < -0.4 is 16.0 Å². The van der Waals surface area contributed by atoms with Gasteiger partial charge in [-0.1, -0.05) is 64.6 Å². The molecule has 10 heteroatoms. The number of hydrogen-bond donors (Lipinski definition) is 3. The van der Waals surface area contributed by atoms with Gasteiger partial charge in [0.2, 0.25) is 10.0 Å². The number of carbonyl (C=O) groups is 2. The lowest BCUT2D eigenvalue weighted by Crippen LogP contribution is -2.48. The number of urea groups is 1. The molecule has 0 aromatic heterocycles. The lowest BCUT2D eigenvalue weighted by molar-refractivity contribution is 0.0985. The number of anilines is 2. The molecule has 0 spiro atoms. The standard InChI is InChI=1S/C16H13Cl4N3O3/c17-10-6-8-12(9-7-10)22-15(25)26-13(16(18,19)20)23-14(24)21-11-4-2-1-3-5-11/h1-9,13H,(H,22,25)(H2,21,23,24)/t13-/m0/s1. The van der Waals surface area contributed by atoms with Gasteiger partial charge >= 0.3 is 12.1 Å². The highest BCUT2D eigenvalue weighted by Gasteiger charge is 2.37. The van der Waals surface area contributed by atoms with Gasteiger partial charge < -0.3 is 10.1 Å². The molecule has 0 fully saturated rings. The molecule has 0 aliphatic heterocycles. The molecule has 0 aliphatic carbocycles. The molecular formula is C16H13Cl4N3O3. The summed E-state index contributed by atoms with van der Waals surface area (Å²) in [7, 11) is 0. The second-order valence-electron chi connectivity index (χ2n) is 4.92. The van der Waals surface area contributed by atoms with Crippen molar-refractivity contribution in [3.63, 3.8) is 0 Å². The van der Waals surface area contributed by atoms with Crippen LogP contribution in [0.3, 0.4) is 0 Å². The first-order valence-corrected chi connectivity index (χ1v) is 8.68. The highest BCUT2D eigenvalue weighted by atomic mass is 35.6. The number of hydrogen-bond acceptors (Lipinski definition) is 3. The highest BCUT2D eigenvalue weighted by molar-refractivity contribution is 6.68. The normalized spacial score (nSPS) is 12.0. The zero-order valence-electron chi connectivity index (χ0n) is 13.0. The Morgan fingerprint density at radius 2 is 1.46 bits per heavy atom. The summed E-state index contributed by atoms with van der Waals surface area (Å²) in [6, 6.07) is 14.1. The molecule has 138 valence electrons. The lowest BCUT2D eigenvalue weighted by atomic mass is 10.3. The third-order valence-corrected chi connectivity index (χ3v) is 3.75. The Bertz CT molecular complexity index is 752. The summed E-state index contributed by atoms with van der Waals surface area (Å²) in [5.74, 6) is 0. The average molecular weight is 437 g/mol. The van der Waals surface area contributed by atoms with E-state index in [-0.39, 0.29) is 0 Å². The van der Waals surface area contributed by atoms with Crippen LogP contribution in [0, 0.1) is 0 Å². The van der Waals surface area contributed by atoms with Crippen LogP contribution >= 0.6 is 46.4 Å². The van der Waals surface area contributed by atoms with E-state index in [9.17, 15) is 9.59 Å². The second kappa shape index (κ2) is 9.19. The quantitative estimate of drug-likeness (QED) is 0.443. The van der Waals surface area contributed by atoms with E-state index in [2.05, 4.69) is 16.0 Å². The van der Waals surface area contributed by atoms with Gasteiger partial charge in [0.15, 0.2) is 0 Å². The van der Waals surface area contributed by atoms with Crippen LogP contribution in [0.5, 0.6) is 0 Å². The van der Waals surface area contributed by atoms with Gasteiger partial charge in [0.1, 0.15) is 0 Å². The number of para-hydroxylation sites is 1. The molecule has 2 aromatic carbocycles. The Morgan fingerprint density at radius 3 is 2.04 bits per heavy atom. The first-order valence-electron chi connectivity index (χ1n) is 7.16. The Morgan fingerprint density at radius 1 is 0.885 bits per heavy atom. The molecule has 0 unspecified atom stereocenters. The van der Waals surface area contributed by atoms with Crippen molar-refractivity contribution in [3.05, 3.63) is 59.6 Å². The maximum atomic E-state index is 12.0. The minimum Gasteiger partial charge on any atom is -0.421 e. The highest BCUT2D eigenvalue weighted by Crippen LogP contribution is 2.31. The number of rotatable bonds is 4. The van der Waals surface area contributed by atoms with Crippen molar-refractivity contribution in [2.75, 3.05) is 10.6 Å². The van der Waals surface area contributed by atoms with Gasteiger partial charge in [0.05, 0.1) is 0 Å². The van der Waals surface area contributed by atoms with Crippen LogP contribution in [0.1, 0.15) is 0 Å². The maximum absolute atomic E-state index is 12.0. The summed E-state index contributed by atoms with van der Waals surface area (Å²) in [5, 5.41) is 7.73. The van der Waals surface area contributed by atoms with Gasteiger partial charge in [-0.05, 0) is 36.4 Å². The predicted molar refractivity (Wildman–Crippen MR) is 104 cm³/mol. The molecular weight excluding hydrogens is 424 g/mol. The topological polar surface area (TPSA) is 79.5 Å². The van der Waals surface area contributed by atoms with E-state index >= 15 is 0 Å². The Balaban J connectivity index is 1.97. The molecule has 3 N–H and O–H groups in total. The van der Waals surface area contributed by atoms with E-state index < -0.39 is 22.1 Å². The van der Waals surface area contributed by atoms with Crippen LogP contribution in [0.4, 0.5) is 21.0 Å². The first kappa shape index (κ1) is 20.5. The van der Waals surface area contributed by atoms with Crippen molar-refractivity contribution in [1.29, 1.82) is 0 Å². The molecule has 0 heterocycles.